The molecule has 4 rings (SSSR count). The average Bonchev–Trinajstić information content (AvgIpc) is 2.81. The summed E-state index contributed by atoms with van der Waals surface area (Å²) in [5, 5.41) is 2.26. The van der Waals surface area contributed by atoms with E-state index in [1.54, 1.807) is 30.3 Å². The summed E-state index contributed by atoms with van der Waals surface area (Å²) in [5.74, 6) is -0.401. The number of nitrogens with zero attached hydrogens (tertiary/aromatic N) is 1. The molecule has 4 amide bonds. The van der Waals surface area contributed by atoms with Crippen LogP contribution in [0.3, 0.4) is 0 Å². The Morgan fingerprint density at radius 1 is 0.857 bits per heavy atom. The van der Waals surface area contributed by atoms with Gasteiger partial charge in [0.15, 0.2) is 11.5 Å². The van der Waals surface area contributed by atoms with E-state index >= 15 is 0 Å². The highest BCUT2D eigenvalue weighted by molar-refractivity contribution is 6.39. The standard InChI is InChI=1S/C28H26N2O5/c1-4-34-25-16-21(10-11-24(25)35-17-20-8-6-5-7-9-20)15-23-26(31)29-28(33)30(27(23)32)22-13-18(2)12-19(3)14-22/h5-16H,4,17H2,1-3H3,(H,29,31,33). The topological polar surface area (TPSA) is 84.9 Å². The van der Waals surface area contributed by atoms with Crippen molar-refractivity contribution in [2.75, 3.05) is 11.5 Å². The van der Waals surface area contributed by atoms with Gasteiger partial charge in [-0.3, -0.25) is 14.9 Å². The predicted octanol–water partition coefficient (Wildman–Crippen LogP) is 4.95. The number of rotatable bonds is 7. The number of hydrogen-bond acceptors (Lipinski definition) is 5. The first-order valence-corrected chi connectivity index (χ1v) is 11.3. The van der Waals surface area contributed by atoms with Crippen molar-refractivity contribution in [2.45, 2.75) is 27.4 Å². The van der Waals surface area contributed by atoms with Crippen molar-refractivity contribution in [1.82, 2.24) is 5.32 Å². The lowest BCUT2D eigenvalue weighted by molar-refractivity contribution is -0.122. The molecule has 35 heavy (non-hydrogen) atoms. The van der Waals surface area contributed by atoms with Gasteiger partial charge in [-0.1, -0.05) is 42.5 Å². The van der Waals surface area contributed by atoms with E-state index < -0.39 is 17.8 Å². The van der Waals surface area contributed by atoms with Gasteiger partial charge in [0.2, 0.25) is 0 Å². The lowest BCUT2D eigenvalue weighted by Gasteiger charge is -2.27. The molecule has 0 aromatic heterocycles. The molecule has 0 unspecified atom stereocenters. The van der Waals surface area contributed by atoms with E-state index in [9.17, 15) is 14.4 Å². The molecule has 3 aromatic rings. The van der Waals surface area contributed by atoms with E-state index in [-0.39, 0.29) is 5.57 Å². The number of ether oxygens (including phenoxy) is 2. The smallest absolute Gasteiger partial charge is 0.335 e. The van der Waals surface area contributed by atoms with Gasteiger partial charge in [-0.2, -0.15) is 0 Å². The third kappa shape index (κ3) is 5.41. The van der Waals surface area contributed by atoms with E-state index in [0.29, 0.717) is 36.0 Å². The van der Waals surface area contributed by atoms with Crippen LogP contribution in [0.1, 0.15) is 29.2 Å². The number of barbiturate groups is 1. The van der Waals surface area contributed by atoms with Crippen LogP contribution < -0.4 is 19.7 Å². The molecule has 7 nitrogen and oxygen atoms in total. The summed E-state index contributed by atoms with van der Waals surface area (Å²) in [6.45, 7) is 6.39. The van der Waals surface area contributed by atoms with E-state index in [1.165, 1.54) is 6.08 Å². The molecule has 0 spiro atoms. The number of hydrogen-bond donors (Lipinski definition) is 1. The first-order valence-electron chi connectivity index (χ1n) is 11.3. The quantitative estimate of drug-likeness (QED) is 0.390. The molecule has 7 heteroatoms. The maximum atomic E-state index is 13.2. The highest BCUT2D eigenvalue weighted by atomic mass is 16.5. The minimum absolute atomic E-state index is 0.149. The largest absolute Gasteiger partial charge is 0.490 e. The normalized spacial score (nSPS) is 14.8. The van der Waals surface area contributed by atoms with Gasteiger partial charge >= 0.3 is 6.03 Å². The molecule has 1 heterocycles. The molecule has 1 aliphatic heterocycles. The Kier molecular flexibility index (Phi) is 6.96. The number of carbonyl (C=O) groups excluding carboxylic acids is 3. The lowest BCUT2D eigenvalue weighted by atomic mass is 10.0. The van der Waals surface area contributed by atoms with Crippen molar-refractivity contribution < 1.29 is 23.9 Å². The van der Waals surface area contributed by atoms with Crippen molar-refractivity contribution in [1.29, 1.82) is 0 Å². The molecule has 1 saturated heterocycles. The molecular formula is C28H26N2O5. The number of benzene rings is 3. The molecule has 1 aliphatic rings. The van der Waals surface area contributed by atoms with Crippen LogP contribution in [0.4, 0.5) is 10.5 Å². The summed E-state index contributed by atoms with van der Waals surface area (Å²) in [5.41, 5.74) is 3.63. The molecule has 178 valence electrons. The molecule has 3 aromatic carbocycles. The van der Waals surface area contributed by atoms with Crippen LogP contribution in [0.25, 0.3) is 6.08 Å². The maximum absolute atomic E-state index is 13.2. The monoisotopic (exact) mass is 470 g/mol. The first kappa shape index (κ1) is 23.8. The molecule has 0 atom stereocenters. The summed E-state index contributed by atoms with van der Waals surface area (Å²) in [6, 6.07) is 19.5. The molecule has 1 N–H and O–H groups in total. The van der Waals surface area contributed by atoms with Gasteiger partial charge in [0.1, 0.15) is 12.2 Å². The number of carbonyl (C=O) groups is 3. The predicted molar refractivity (Wildman–Crippen MR) is 133 cm³/mol. The van der Waals surface area contributed by atoms with E-state index in [1.807, 2.05) is 57.2 Å². The van der Waals surface area contributed by atoms with E-state index in [0.717, 1.165) is 21.6 Å². The second-order valence-corrected chi connectivity index (χ2v) is 8.22. The van der Waals surface area contributed by atoms with Gasteiger partial charge in [0.25, 0.3) is 11.8 Å². The number of aryl methyl sites for hydroxylation is 2. The Balaban J connectivity index is 1.63. The second kappa shape index (κ2) is 10.3. The van der Waals surface area contributed by atoms with Crippen molar-refractivity contribution in [3.63, 3.8) is 0 Å². The average molecular weight is 471 g/mol. The highest BCUT2D eigenvalue weighted by Crippen LogP contribution is 2.31. The van der Waals surface area contributed by atoms with E-state index in [2.05, 4.69) is 5.32 Å². The number of amides is 4. The number of anilines is 1. The minimum atomic E-state index is -0.776. The van der Waals surface area contributed by atoms with Gasteiger partial charge in [0, 0.05) is 0 Å². The van der Waals surface area contributed by atoms with Crippen molar-refractivity contribution in [2.24, 2.45) is 0 Å². The minimum Gasteiger partial charge on any atom is -0.490 e. The maximum Gasteiger partial charge on any atom is 0.335 e. The van der Waals surface area contributed by atoms with Crippen LogP contribution in [-0.4, -0.2) is 24.5 Å². The fourth-order valence-electron chi connectivity index (χ4n) is 3.88. The van der Waals surface area contributed by atoms with Crippen LogP contribution in [-0.2, 0) is 16.2 Å². The second-order valence-electron chi connectivity index (χ2n) is 8.22. The molecule has 0 saturated carbocycles. The van der Waals surface area contributed by atoms with Crippen LogP contribution in [0.2, 0.25) is 0 Å². The molecule has 0 radical (unpaired) electrons. The van der Waals surface area contributed by atoms with Crippen LogP contribution >= 0.6 is 0 Å². The third-order valence-electron chi connectivity index (χ3n) is 5.38. The van der Waals surface area contributed by atoms with Gasteiger partial charge in [0.05, 0.1) is 12.3 Å². The first-order chi connectivity index (χ1) is 16.9. The molecule has 0 aliphatic carbocycles. The molecule has 1 fully saturated rings. The summed E-state index contributed by atoms with van der Waals surface area (Å²) < 4.78 is 11.7. The SMILES string of the molecule is CCOc1cc(C=C2C(=O)NC(=O)N(c3cc(C)cc(C)c3)C2=O)ccc1OCc1ccccc1. The Hall–Kier alpha value is -4.39. The molecular weight excluding hydrogens is 444 g/mol. The Morgan fingerprint density at radius 3 is 2.26 bits per heavy atom. The van der Waals surface area contributed by atoms with Crippen molar-refractivity contribution >= 4 is 29.6 Å². The van der Waals surface area contributed by atoms with Crippen molar-refractivity contribution in [3.05, 3.63) is 94.6 Å². The Bertz CT molecular complexity index is 1290. The summed E-state index contributed by atoms with van der Waals surface area (Å²) in [6.07, 6.45) is 1.45. The van der Waals surface area contributed by atoms with Crippen LogP contribution in [0.5, 0.6) is 11.5 Å². The summed E-state index contributed by atoms with van der Waals surface area (Å²) in [4.78, 5) is 39.3. The lowest BCUT2D eigenvalue weighted by Crippen LogP contribution is -2.54. The third-order valence-corrected chi connectivity index (χ3v) is 5.38. The molecule has 0 bridgehead atoms. The highest BCUT2D eigenvalue weighted by Gasteiger charge is 2.37. The van der Waals surface area contributed by atoms with Gasteiger partial charge < -0.3 is 9.47 Å². The number of nitrogens with one attached hydrogen (secondary N) is 1. The zero-order valence-electron chi connectivity index (χ0n) is 19.8. The zero-order chi connectivity index (χ0) is 24.9. The Morgan fingerprint density at radius 2 is 1.57 bits per heavy atom. The summed E-state index contributed by atoms with van der Waals surface area (Å²) in [7, 11) is 0. The zero-order valence-corrected chi connectivity index (χ0v) is 19.8. The fourth-order valence-corrected chi connectivity index (χ4v) is 3.88. The number of imide groups is 2. The van der Waals surface area contributed by atoms with Gasteiger partial charge in [-0.25, -0.2) is 9.69 Å². The van der Waals surface area contributed by atoms with Gasteiger partial charge in [-0.15, -0.1) is 0 Å². The van der Waals surface area contributed by atoms with Crippen LogP contribution in [0, 0.1) is 13.8 Å². The summed E-state index contributed by atoms with van der Waals surface area (Å²) >= 11 is 0. The van der Waals surface area contributed by atoms with Crippen molar-refractivity contribution in [3.8, 4) is 11.5 Å². The van der Waals surface area contributed by atoms with Crippen LogP contribution in [0.15, 0.2) is 72.3 Å². The van der Waals surface area contributed by atoms with E-state index in [4.69, 9.17) is 9.47 Å². The number of urea groups is 1. The Labute approximate surface area is 204 Å². The fraction of sp³-hybridized carbons (Fsp3) is 0.179. The van der Waals surface area contributed by atoms with Gasteiger partial charge in [-0.05, 0) is 73.4 Å².